The van der Waals surface area contributed by atoms with E-state index < -0.39 is 5.41 Å². The monoisotopic (exact) mass is 364 g/mol. The number of likely N-dealkylation sites (tertiary alicyclic amines) is 1. The lowest BCUT2D eigenvalue weighted by Crippen LogP contribution is -2.53. The standard InChI is InChI=1S/C21H24N4O2/c1-21(20(27)24-11-8-17-12-22-15-23-18(17)13-24)9-5-10-25(14-21)19(26)16-6-3-2-4-7-16/h2-4,6-7,12,15H,5,8-11,13-14H2,1H3/t21-/m1/s1. The van der Waals surface area contributed by atoms with Crippen LogP contribution in [0.3, 0.4) is 0 Å². The average molecular weight is 364 g/mol. The lowest BCUT2D eigenvalue weighted by atomic mass is 9.80. The first-order valence-electron chi connectivity index (χ1n) is 9.48. The predicted molar refractivity (Wildman–Crippen MR) is 101 cm³/mol. The molecule has 2 aliphatic heterocycles. The molecule has 6 heteroatoms. The molecule has 0 spiro atoms. The number of piperidine rings is 1. The van der Waals surface area contributed by atoms with Gasteiger partial charge >= 0.3 is 0 Å². The van der Waals surface area contributed by atoms with Crippen LogP contribution in [-0.4, -0.2) is 51.2 Å². The van der Waals surface area contributed by atoms with E-state index in [2.05, 4.69) is 9.97 Å². The van der Waals surface area contributed by atoms with E-state index in [1.807, 2.05) is 53.3 Å². The van der Waals surface area contributed by atoms with Crippen LogP contribution in [0.25, 0.3) is 0 Å². The number of amides is 2. The van der Waals surface area contributed by atoms with E-state index >= 15 is 0 Å². The highest BCUT2D eigenvalue weighted by molar-refractivity contribution is 5.95. The summed E-state index contributed by atoms with van der Waals surface area (Å²) >= 11 is 0. The van der Waals surface area contributed by atoms with Crippen molar-refractivity contribution in [2.45, 2.75) is 32.7 Å². The zero-order chi connectivity index (χ0) is 18.9. The van der Waals surface area contributed by atoms with Gasteiger partial charge in [-0.2, -0.15) is 0 Å². The molecule has 4 rings (SSSR count). The van der Waals surface area contributed by atoms with Crippen molar-refractivity contribution in [3.63, 3.8) is 0 Å². The van der Waals surface area contributed by atoms with Gasteiger partial charge in [0, 0.05) is 31.4 Å². The Morgan fingerprint density at radius 2 is 1.93 bits per heavy atom. The van der Waals surface area contributed by atoms with Gasteiger partial charge in [-0.1, -0.05) is 18.2 Å². The number of hydrogen-bond donors (Lipinski definition) is 0. The number of nitrogens with zero attached hydrogens (tertiary/aromatic N) is 4. The van der Waals surface area contributed by atoms with Crippen LogP contribution in [0, 0.1) is 5.41 Å². The lowest BCUT2D eigenvalue weighted by Gasteiger charge is -2.42. The molecule has 3 heterocycles. The molecule has 0 saturated carbocycles. The lowest BCUT2D eigenvalue weighted by molar-refractivity contribution is -0.144. The highest BCUT2D eigenvalue weighted by atomic mass is 16.2. The molecule has 1 aromatic heterocycles. The molecule has 1 atom stereocenters. The molecular weight excluding hydrogens is 340 g/mol. The first kappa shape index (κ1) is 17.6. The van der Waals surface area contributed by atoms with Gasteiger partial charge in [-0.3, -0.25) is 9.59 Å². The molecule has 27 heavy (non-hydrogen) atoms. The van der Waals surface area contributed by atoms with Crippen molar-refractivity contribution in [3.05, 3.63) is 59.7 Å². The third-order valence-corrected chi connectivity index (χ3v) is 5.68. The second-order valence-corrected chi connectivity index (χ2v) is 7.73. The number of benzene rings is 1. The first-order valence-corrected chi connectivity index (χ1v) is 9.48. The number of hydrogen-bond acceptors (Lipinski definition) is 4. The molecule has 2 amide bonds. The molecule has 0 aliphatic carbocycles. The summed E-state index contributed by atoms with van der Waals surface area (Å²) in [6, 6.07) is 9.30. The number of fused-ring (bicyclic) bond motifs is 1. The number of carbonyl (C=O) groups excluding carboxylic acids is 2. The molecule has 0 bridgehead atoms. The van der Waals surface area contributed by atoms with Gasteiger partial charge in [0.1, 0.15) is 6.33 Å². The Balaban J connectivity index is 1.49. The van der Waals surface area contributed by atoms with Crippen molar-refractivity contribution in [1.82, 2.24) is 19.8 Å². The minimum atomic E-state index is -0.548. The third kappa shape index (κ3) is 3.44. The fourth-order valence-corrected chi connectivity index (χ4v) is 4.16. The van der Waals surface area contributed by atoms with Gasteiger partial charge in [0.25, 0.3) is 5.91 Å². The first-order chi connectivity index (χ1) is 13.1. The van der Waals surface area contributed by atoms with Gasteiger partial charge < -0.3 is 9.80 Å². The Morgan fingerprint density at radius 3 is 2.74 bits per heavy atom. The van der Waals surface area contributed by atoms with Crippen LogP contribution in [0.5, 0.6) is 0 Å². The fraction of sp³-hybridized carbons (Fsp3) is 0.429. The third-order valence-electron chi connectivity index (χ3n) is 5.68. The highest BCUT2D eigenvalue weighted by Gasteiger charge is 2.42. The Morgan fingerprint density at radius 1 is 1.11 bits per heavy atom. The summed E-state index contributed by atoms with van der Waals surface area (Å²) in [5, 5.41) is 0. The minimum absolute atomic E-state index is 0.00561. The molecule has 1 fully saturated rings. The normalized spacial score (nSPS) is 22.3. The second-order valence-electron chi connectivity index (χ2n) is 7.73. The van der Waals surface area contributed by atoms with E-state index in [9.17, 15) is 9.59 Å². The van der Waals surface area contributed by atoms with Gasteiger partial charge in [0.2, 0.25) is 5.91 Å². The summed E-state index contributed by atoms with van der Waals surface area (Å²) in [6.07, 6.45) is 5.80. The maximum Gasteiger partial charge on any atom is 0.253 e. The predicted octanol–water partition coefficient (Wildman–Crippen LogP) is 2.30. The van der Waals surface area contributed by atoms with Gasteiger partial charge in [0.15, 0.2) is 0 Å². The molecular formula is C21H24N4O2. The van der Waals surface area contributed by atoms with Crippen molar-refractivity contribution >= 4 is 11.8 Å². The molecule has 0 unspecified atom stereocenters. The average Bonchev–Trinajstić information content (AvgIpc) is 2.73. The van der Waals surface area contributed by atoms with Crippen molar-refractivity contribution in [1.29, 1.82) is 0 Å². The van der Waals surface area contributed by atoms with Gasteiger partial charge in [-0.15, -0.1) is 0 Å². The minimum Gasteiger partial charge on any atom is -0.338 e. The second kappa shape index (κ2) is 7.10. The van der Waals surface area contributed by atoms with Crippen LogP contribution in [0.2, 0.25) is 0 Å². The summed E-state index contributed by atoms with van der Waals surface area (Å²) < 4.78 is 0. The number of carbonyl (C=O) groups is 2. The summed E-state index contributed by atoms with van der Waals surface area (Å²) in [5.41, 5.74) is 2.18. The van der Waals surface area contributed by atoms with Crippen LogP contribution in [0.4, 0.5) is 0 Å². The molecule has 1 saturated heterocycles. The highest BCUT2D eigenvalue weighted by Crippen LogP contribution is 2.33. The number of rotatable bonds is 2. The van der Waals surface area contributed by atoms with Crippen LogP contribution in [0.1, 0.15) is 41.4 Å². The van der Waals surface area contributed by atoms with E-state index in [1.165, 1.54) is 6.33 Å². The topological polar surface area (TPSA) is 66.4 Å². The van der Waals surface area contributed by atoms with Crippen LogP contribution >= 0.6 is 0 Å². The molecule has 0 radical (unpaired) electrons. The van der Waals surface area contributed by atoms with E-state index in [0.29, 0.717) is 31.7 Å². The van der Waals surface area contributed by atoms with Gasteiger partial charge in [0.05, 0.1) is 17.7 Å². The molecule has 2 aliphatic rings. The van der Waals surface area contributed by atoms with Gasteiger partial charge in [-0.05, 0) is 43.9 Å². The SMILES string of the molecule is C[C@@]1(C(=O)N2CCc3cncnc3C2)CCCN(C(=O)c2ccccc2)C1. The van der Waals surface area contributed by atoms with Crippen molar-refractivity contribution < 1.29 is 9.59 Å². The maximum absolute atomic E-state index is 13.3. The molecule has 0 N–H and O–H groups in total. The quantitative estimate of drug-likeness (QED) is 0.820. The summed E-state index contributed by atoms with van der Waals surface area (Å²) in [6.45, 7) is 4.37. The van der Waals surface area contributed by atoms with Crippen LogP contribution in [-0.2, 0) is 17.8 Å². The Kier molecular flexibility index (Phi) is 4.64. The maximum atomic E-state index is 13.3. The zero-order valence-corrected chi connectivity index (χ0v) is 15.6. The molecule has 6 nitrogen and oxygen atoms in total. The zero-order valence-electron chi connectivity index (χ0n) is 15.6. The van der Waals surface area contributed by atoms with E-state index in [1.54, 1.807) is 0 Å². The van der Waals surface area contributed by atoms with Crippen LogP contribution in [0.15, 0.2) is 42.9 Å². The molecule has 2 aromatic rings. The Hall–Kier alpha value is -2.76. The molecule has 140 valence electrons. The van der Waals surface area contributed by atoms with Crippen molar-refractivity contribution in [2.24, 2.45) is 5.41 Å². The largest absolute Gasteiger partial charge is 0.338 e. The Bertz CT molecular complexity index is 854. The van der Waals surface area contributed by atoms with E-state index in [0.717, 1.165) is 30.5 Å². The van der Waals surface area contributed by atoms with Crippen molar-refractivity contribution in [2.75, 3.05) is 19.6 Å². The molecule has 1 aromatic carbocycles. The van der Waals surface area contributed by atoms with Gasteiger partial charge in [-0.25, -0.2) is 9.97 Å². The summed E-state index contributed by atoms with van der Waals surface area (Å²) in [4.78, 5) is 38.3. The smallest absolute Gasteiger partial charge is 0.253 e. The summed E-state index contributed by atoms with van der Waals surface area (Å²) in [5.74, 6) is 0.128. The Labute approximate surface area is 159 Å². The van der Waals surface area contributed by atoms with E-state index in [4.69, 9.17) is 0 Å². The number of aromatic nitrogens is 2. The van der Waals surface area contributed by atoms with E-state index in [-0.39, 0.29) is 11.8 Å². The fourth-order valence-electron chi connectivity index (χ4n) is 4.16. The summed E-state index contributed by atoms with van der Waals surface area (Å²) in [7, 11) is 0. The van der Waals surface area contributed by atoms with Crippen LogP contribution < -0.4 is 0 Å². The van der Waals surface area contributed by atoms with Crippen molar-refractivity contribution in [3.8, 4) is 0 Å².